The Hall–Kier alpha value is -1.33. The van der Waals surface area contributed by atoms with E-state index in [0.29, 0.717) is 11.6 Å². The first-order valence-corrected chi connectivity index (χ1v) is 8.28. The van der Waals surface area contributed by atoms with Crippen molar-refractivity contribution in [3.63, 3.8) is 0 Å². The predicted octanol–water partition coefficient (Wildman–Crippen LogP) is 4.57. The van der Waals surface area contributed by atoms with E-state index in [9.17, 15) is 13.2 Å². The van der Waals surface area contributed by atoms with Crippen LogP contribution in [-0.4, -0.2) is 36.6 Å². The summed E-state index contributed by atoms with van der Waals surface area (Å²) in [7, 11) is 4.09. The molecule has 0 radical (unpaired) electrons. The molecule has 0 saturated heterocycles. The lowest BCUT2D eigenvalue weighted by molar-refractivity contribution is -0.137. The standard InChI is InChI=1S/C19H27F3N2/c1-18(2,3)23-16-12-14(9-10-17(16)24(4)5)13-7-6-8-15(11-13)19(20,21)22/h6-9,11,16-17,23H,10,12H2,1-5H3/t16-,17-/m0/s1. The van der Waals surface area contributed by atoms with Gasteiger partial charge in [0.25, 0.3) is 0 Å². The fourth-order valence-electron chi connectivity index (χ4n) is 3.29. The first-order chi connectivity index (χ1) is 11.0. The Labute approximate surface area is 142 Å². The van der Waals surface area contributed by atoms with Crippen LogP contribution in [0.3, 0.4) is 0 Å². The molecule has 0 amide bonds. The molecule has 2 nitrogen and oxygen atoms in total. The lowest BCUT2D eigenvalue weighted by Crippen LogP contribution is -2.54. The molecule has 0 fully saturated rings. The number of benzene rings is 1. The molecular weight excluding hydrogens is 313 g/mol. The van der Waals surface area contributed by atoms with Gasteiger partial charge in [0.2, 0.25) is 0 Å². The van der Waals surface area contributed by atoms with Gasteiger partial charge < -0.3 is 10.2 Å². The summed E-state index contributed by atoms with van der Waals surface area (Å²) in [6, 6.07) is 6.18. The van der Waals surface area contributed by atoms with Gasteiger partial charge in [-0.3, -0.25) is 0 Å². The zero-order chi connectivity index (χ0) is 18.1. The molecule has 24 heavy (non-hydrogen) atoms. The maximum Gasteiger partial charge on any atom is 0.416 e. The van der Waals surface area contributed by atoms with E-state index in [-0.39, 0.29) is 11.6 Å². The van der Waals surface area contributed by atoms with Crippen LogP contribution in [0.2, 0.25) is 0 Å². The lowest BCUT2D eigenvalue weighted by Gasteiger charge is -2.40. The Bertz CT molecular complexity index is 597. The van der Waals surface area contributed by atoms with Gasteiger partial charge in [-0.25, -0.2) is 0 Å². The molecule has 2 atom stereocenters. The second kappa shape index (κ2) is 6.89. The van der Waals surface area contributed by atoms with Crippen LogP contribution in [0.15, 0.2) is 30.3 Å². The largest absolute Gasteiger partial charge is 0.416 e. The van der Waals surface area contributed by atoms with Crippen LogP contribution in [-0.2, 0) is 6.18 Å². The summed E-state index contributed by atoms with van der Waals surface area (Å²) in [6.07, 6.45) is -0.671. The summed E-state index contributed by atoms with van der Waals surface area (Å²) < 4.78 is 38.9. The topological polar surface area (TPSA) is 15.3 Å². The fraction of sp³-hybridized carbons (Fsp3) is 0.579. The first-order valence-electron chi connectivity index (χ1n) is 8.28. The Morgan fingerprint density at radius 2 is 1.79 bits per heavy atom. The molecule has 134 valence electrons. The molecule has 0 aliphatic heterocycles. The number of halogens is 3. The molecule has 0 unspecified atom stereocenters. The summed E-state index contributed by atoms with van der Waals surface area (Å²) >= 11 is 0. The van der Waals surface area contributed by atoms with Gasteiger partial charge in [-0.1, -0.05) is 18.2 Å². The molecule has 1 aliphatic carbocycles. The molecule has 2 rings (SSSR count). The zero-order valence-electron chi connectivity index (χ0n) is 15.0. The summed E-state index contributed by atoms with van der Waals surface area (Å²) in [4.78, 5) is 2.18. The third-order valence-electron chi connectivity index (χ3n) is 4.35. The zero-order valence-corrected chi connectivity index (χ0v) is 15.0. The van der Waals surface area contributed by atoms with Crippen LogP contribution in [0.25, 0.3) is 5.57 Å². The minimum atomic E-state index is -4.31. The monoisotopic (exact) mass is 340 g/mol. The number of alkyl halides is 3. The molecule has 1 aromatic carbocycles. The lowest BCUT2D eigenvalue weighted by atomic mass is 9.84. The number of likely N-dealkylation sites (N-methyl/N-ethyl adjacent to an activating group) is 1. The van der Waals surface area contributed by atoms with Crippen LogP contribution in [0.4, 0.5) is 13.2 Å². The van der Waals surface area contributed by atoms with Gasteiger partial charge in [0.15, 0.2) is 0 Å². The highest BCUT2D eigenvalue weighted by molar-refractivity contribution is 5.67. The maximum absolute atomic E-state index is 13.0. The number of hydrogen-bond acceptors (Lipinski definition) is 2. The molecule has 1 aromatic rings. The fourth-order valence-corrected chi connectivity index (χ4v) is 3.29. The third kappa shape index (κ3) is 4.84. The van der Waals surface area contributed by atoms with Gasteiger partial charge in [-0.2, -0.15) is 13.2 Å². The molecule has 1 N–H and O–H groups in total. The molecule has 1 aliphatic rings. The van der Waals surface area contributed by atoms with E-state index < -0.39 is 11.7 Å². The van der Waals surface area contributed by atoms with Crippen molar-refractivity contribution in [3.8, 4) is 0 Å². The van der Waals surface area contributed by atoms with E-state index in [1.54, 1.807) is 6.07 Å². The minimum absolute atomic E-state index is 0.0464. The normalized spacial score (nSPS) is 22.6. The second-order valence-electron chi connectivity index (χ2n) is 7.78. The Morgan fingerprint density at radius 3 is 2.33 bits per heavy atom. The van der Waals surface area contributed by atoms with Crippen molar-refractivity contribution >= 4 is 5.57 Å². The molecule has 0 heterocycles. The Balaban J connectivity index is 2.29. The Kier molecular flexibility index (Phi) is 5.45. The quantitative estimate of drug-likeness (QED) is 0.867. The van der Waals surface area contributed by atoms with Crippen LogP contribution >= 0.6 is 0 Å². The smallest absolute Gasteiger partial charge is 0.307 e. The van der Waals surface area contributed by atoms with Gasteiger partial charge >= 0.3 is 6.18 Å². The molecule has 0 saturated carbocycles. The molecule has 5 heteroatoms. The SMILES string of the molecule is CN(C)[C@H]1CC=C(c2cccc(C(F)(F)F)c2)C[C@@H]1NC(C)(C)C. The average molecular weight is 340 g/mol. The number of rotatable bonds is 3. The van der Waals surface area contributed by atoms with Gasteiger partial charge in [-0.15, -0.1) is 0 Å². The summed E-state index contributed by atoms with van der Waals surface area (Å²) in [5.41, 5.74) is 1.02. The van der Waals surface area contributed by atoms with Crippen molar-refractivity contribution in [1.82, 2.24) is 10.2 Å². The highest BCUT2D eigenvalue weighted by atomic mass is 19.4. The van der Waals surface area contributed by atoms with Gasteiger partial charge in [-0.05, 0) is 71.0 Å². The van der Waals surface area contributed by atoms with Crippen molar-refractivity contribution in [2.45, 2.75) is 57.4 Å². The van der Waals surface area contributed by atoms with Crippen LogP contribution in [0.1, 0.15) is 44.7 Å². The summed E-state index contributed by atoms with van der Waals surface area (Å²) in [6.45, 7) is 6.34. The average Bonchev–Trinajstić information content (AvgIpc) is 2.44. The second-order valence-corrected chi connectivity index (χ2v) is 7.78. The highest BCUT2D eigenvalue weighted by Crippen LogP contribution is 2.34. The Morgan fingerprint density at radius 1 is 1.12 bits per heavy atom. The molecule has 0 spiro atoms. The summed E-state index contributed by atoms with van der Waals surface area (Å²) in [5, 5.41) is 3.63. The van der Waals surface area contributed by atoms with Gasteiger partial charge in [0.05, 0.1) is 5.56 Å². The number of nitrogens with zero attached hydrogens (tertiary/aromatic N) is 1. The number of hydrogen-bond donors (Lipinski definition) is 1. The predicted molar refractivity (Wildman–Crippen MR) is 92.8 cm³/mol. The molecule has 0 aromatic heterocycles. The van der Waals surface area contributed by atoms with Gasteiger partial charge in [0, 0.05) is 17.6 Å². The van der Waals surface area contributed by atoms with Crippen molar-refractivity contribution in [3.05, 3.63) is 41.5 Å². The van der Waals surface area contributed by atoms with E-state index >= 15 is 0 Å². The van der Waals surface area contributed by atoms with Crippen molar-refractivity contribution < 1.29 is 13.2 Å². The molecular formula is C19H27F3N2. The van der Waals surface area contributed by atoms with E-state index in [4.69, 9.17) is 0 Å². The van der Waals surface area contributed by atoms with Crippen LogP contribution < -0.4 is 5.32 Å². The molecule has 0 bridgehead atoms. The van der Waals surface area contributed by atoms with Gasteiger partial charge in [0.1, 0.15) is 0 Å². The minimum Gasteiger partial charge on any atom is -0.307 e. The number of nitrogens with one attached hydrogen (secondary N) is 1. The highest BCUT2D eigenvalue weighted by Gasteiger charge is 2.33. The van der Waals surface area contributed by atoms with E-state index in [2.05, 4.69) is 37.1 Å². The van der Waals surface area contributed by atoms with Crippen LogP contribution in [0.5, 0.6) is 0 Å². The van der Waals surface area contributed by atoms with E-state index in [1.165, 1.54) is 12.1 Å². The van der Waals surface area contributed by atoms with Crippen molar-refractivity contribution in [2.75, 3.05) is 14.1 Å². The first kappa shape index (κ1) is 19.0. The van der Waals surface area contributed by atoms with Crippen molar-refractivity contribution in [2.24, 2.45) is 0 Å². The van der Waals surface area contributed by atoms with Crippen molar-refractivity contribution in [1.29, 1.82) is 0 Å². The van der Waals surface area contributed by atoms with Crippen LogP contribution in [0, 0.1) is 0 Å². The maximum atomic E-state index is 13.0. The van der Waals surface area contributed by atoms with E-state index in [0.717, 1.165) is 24.5 Å². The van der Waals surface area contributed by atoms with E-state index in [1.807, 2.05) is 14.1 Å². The third-order valence-corrected chi connectivity index (χ3v) is 4.35. The summed E-state index contributed by atoms with van der Waals surface area (Å²) in [5.74, 6) is 0.